The second kappa shape index (κ2) is 10.6. The number of carbonyl (C=O) groups excluding carboxylic acids is 1. The van der Waals surface area contributed by atoms with Crippen molar-refractivity contribution in [2.24, 2.45) is 0 Å². The van der Waals surface area contributed by atoms with E-state index in [2.05, 4.69) is 26.2 Å². The van der Waals surface area contributed by atoms with Crippen LogP contribution in [0.5, 0.6) is 11.5 Å². The summed E-state index contributed by atoms with van der Waals surface area (Å²) in [5.74, 6) is 0.843. The van der Waals surface area contributed by atoms with E-state index in [0.29, 0.717) is 39.5 Å². The largest absolute Gasteiger partial charge is 0.493 e. The van der Waals surface area contributed by atoms with E-state index >= 15 is 0 Å². The van der Waals surface area contributed by atoms with Crippen molar-refractivity contribution in [3.8, 4) is 11.5 Å². The summed E-state index contributed by atoms with van der Waals surface area (Å²) in [6.07, 6.45) is 2.73. The van der Waals surface area contributed by atoms with Crippen molar-refractivity contribution in [1.82, 2.24) is 4.98 Å². The van der Waals surface area contributed by atoms with E-state index in [9.17, 15) is 13.2 Å². The average Bonchev–Trinajstić information content (AvgIpc) is 2.68. The lowest BCUT2D eigenvalue weighted by Crippen LogP contribution is -2.22. The highest BCUT2D eigenvalue weighted by Crippen LogP contribution is 2.32. The van der Waals surface area contributed by atoms with Gasteiger partial charge in [0, 0.05) is 22.5 Å². The van der Waals surface area contributed by atoms with Crippen molar-refractivity contribution < 1.29 is 27.4 Å². The number of hydrogen-bond donors (Lipinski definition) is 1. The molecule has 0 spiro atoms. The zero-order valence-electron chi connectivity index (χ0n) is 17.3. The fourth-order valence-electron chi connectivity index (χ4n) is 2.84. The fourth-order valence-corrected chi connectivity index (χ4v) is 4.10. The molecule has 0 radical (unpaired) electrons. The smallest absolute Gasteiger partial charge is 0.310 e. The van der Waals surface area contributed by atoms with Crippen LogP contribution in [0.4, 0.5) is 5.82 Å². The van der Waals surface area contributed by atoms with Gasteiger partial charge in [0.05, 0.1) is 39.0 Å². The second-order valence-electron chi connectivity index (χ2n) is 6.55. The molecule has 0 saturated carbocycles. The topological polar surface area (TPSA) is 104 Å². The van der Waals surface area contributed by atoms with Crippen LogP contribution in [0.1, 0.15) is 24.1 Å². The summed E-state index contributed by atoms with van der Waals surface area (Å²) in [6, 6.07) is 6.34. The summed E-state index contributed by atoms with van der Waals surface area (Å²) < 4.78 is 40.6. The maximum Gasteiger partial charge on any atom is 0.310 e. The van der Waals surface area contributed by atoms with Crippen molar-refractivity contribution in [2.45, 2.75) is 19.4 Å². The first kappa shape index (κ1) is 23.9. The Bertz CT molecular complexity index is 997. The number of methoxy groups -OCH3 is 2. The minimum Gasteiger partial charge on any atom is -0.493 e. The Morgan fingerprint density at radius 3 is 2.57 bits per heavy atom. The predicted octanol–water partition coefficient (Wildman–Crippen LogP) is 3.16. The summed E-state index contributed by atoms with van der Waals surface area (Å²) >= 11 is 3.34. The minimum atomic E-state index is -3.34. The van der Waals surface area contributed by atoms with E-state index in [4.69, 9.17) is 14.2 Å². The van der Waals surface area contributed by atoms with Gasteiger partial charge in [-0.15, -0.1) is 0 Å². The zero-order valence-corrected chi connectivity index (χ0v) is 19.7. The molecule has 1 N–H and O–H groups in total. The molecule has 1 aromatic heterocycles. The van der Waals surface area contributed by atoms with Gasteiger partial charge in [-0.2, -0.15) is 0 Å². The van der Waals surface area contributed by atoms with Crippen molar-refractivity contribution in [1.29, 1.82) is 0 Å². The van der Waals surface area contributed by atoms with Crippen LogP contribution in [0.15, 0.2) is 34.9 Å². The molecule has 2 aromatic rings. The molecular weight excluding hydrogens is 476 g/mol. The Labute approximate surface area is 185 Å². The predicted molar refractivity (Wildman–Crippen MR) is 118 cm³/mol. The molecule has 1 atom stereocenters. The molecule has 30 heavy (non-hydrogen) atoms. The maximum atomic E-state index is 12.1. The number of nitrogens with one attached hydrogen (secondary N) is 1. The molecule has 0 amide bonds. The number of anilines is 1. The fraction of sp³-hybridized carbons (Fsp3) is 0.400. The third-order valence-corrected chi connectivity index (χ3v) is 5.54. The van der Waals surface area contributed by atoms with Crippen molar-refractivity contribution >= 4 is 37.6 Å². The molecule has 1 unspecified atom stereocenters. The lowest BCUT2D eigenvalue weighted by molar-refractivity contribution is -0.139. The molecule has 2 rings (SSSR count). The lowest BCUT2D eigenvalue weighted by Gasteiger charge is -2.22. The molecule has 10 heteroatoms. The van der Waals surface area contributed by atoms with E-state index in [1.54, 1.807) is 30.5 Å². The van der Waals surface area contributed by atoms with Gasteiger partial charge in [0.25, 0.3) is 0 Å². The van der Waals surface area contributed by atoms with Gasteiger partial charge in [-0.05, 0) is 46.6 Å². The maximum absolute atomic E-state index is 12.1. The molecule has 0 aliphatic heterocycles. The molecular formula is C20H25BrN2O6S. The standard InChI is InChI=1S/C20H25BrN2O6S/c1-5-29-18-9-13(6-7-17(18)27-2)16(12-30(4,25)26)23-20-14(10-19(24)28-3)8-15(21)11-22-20/h6-9,11,16H,5,10,12H2,1-4H3,(H,22,23). The number of benzene rings is 1. The number of hydrogen-bond acceptors (Lipinski definition) is 8. The Morgan fingerprint density at radius 2 is 1.97 bits per heavy atom. The Morgan fingerprint density at radius 1 is 1.23 bits per heavy atom. The molecule has 0 aliphatic carbocycles. The van der Waals surface area contributed by atoms with E-state index in [1.807, 2.05) is 6.92 Å². The summed E-state index contributed by atoms with van der Waals surface area (Å²) in [5, 5.41) is 3.17. The van der Waals surface area contributed by atoms with E-state index in [-0.39, 0.29) is 12.2 Å². The van der Waals surface area contributed by atoms with Gasteiger partial charge in [-0.1, -0.05) is 6.07 Å². The molecule has 0 bridgehead atoms. The van der Waals surface area contributed by atoms with Crippen LogP contribution in [0.25, 0.3) is 0 Å². The van der Waals surface area contributed by atoms with Gasteiger partial charge in [-0.3, -0.25) is 4.79 Å². The summed E-state index contributed by atoms with van der Waals surface area (Å²) in [6.45, 7) is 2.28. The van der Waals surface area contributed by atoms with Crippen molar-refractivity contribution in [3.05, 3.63) is 46.1 Å². The molecule has 1 heterocycles. The SMILES string of the molecule is CCOc1cc(C(CS(C)(=O)=O)Nc2ncc(Br)cc2CC(=O)OC)ccc1OC. The number of rotatable bonds is 10. The number of nitrogens with zero attached hydrogens (tertiary/aromatic N) is 1. The van der Waals surface area contributed by atoms with Gasteiger partial charge < -0.3 is 19.5 Å². The number of esters is 1. The second-order valence-corrected chi connectivity index (χ2v) is 9.65. The highest BCUT2D eigenvalue weighted by molar-refractivity contribution is 9.10. The van der Waals surface area contributed by atoms with Crippen LogP contribution >= 0.6 is 15.9 Å². The Balaban J connectivity index is 2.47. The van der Waals surface area contributed by atoms with Gasteiger partial charge in [0.2, 0.25) is 0 Å². The quantitative estimate of drug-likeness (QED) is 0.496. The lowest BCUT2D eigenvalue weighted by atomic mass is 10.1. The van der Waals surface area contributed by atoms with E-state index < -0.39 is 21.8 Å². The highest BCUT2D eigenvalue weighted by Gasteiger charge is 2.22. The Hall–Kier alpha value is -2.33. The van der Waals surface area contributed by atoms with Crippen LogP contribution in [0.3, 0.4) is 0 Å². The normalized spacial score (nSPS) is 12.2. The van der Waals surface area contributed by atoms with Crippen LogP contribution in [-0.2, 0) is 25.8 Å². The molecule has 8 nitrogen and oxygen atoms in total. The van der Waals surface area contributed by atoms with Crippen LogP contribution in [0, 0.1) is 0 Å². The Kier molecular flexibility index (Phi) is 8.48. The molecule has 1 aromatic carbocycles. The number of halogens is 1. The van der Waals surface area contributed by atoms with Crippen molar-refractivity contribution in [3.63, 3.8) is 0 Å². The van der Waals surface area contributed by atoms with Gasteiger partial charge in [0.15, 0.2) is 11.5 Å². The number of sulfone groups is 1. The first-order valence-corrected chi connectivity index (χ1v) is 12.0. The summed E-state index contributed by atoms with van der Waals surface area (Å²) in [7, 11) is -0.503. The van der Waals surface area contributed by atoms with Gasteiger partial charge in [-0.25, -0.2) is 13.4 Å². The molecule has 0 saturated heterocycles. The number of pyridine rings is 1. The molecule has 164 valence electrons. The average molecular weight is 501 g/mol. The van der Waals surface area contributed by atoms with E-state index in [0.717, 1.165) is 0 Å². The first-order valence-electron chi connectivity index (χ1n) is 9.13. The monoisotopic (exact) mass is 500 g/mol. The van der Waals surface area contributed by atoms with Crippen LogP contribution in [0.2, 0.25) is 0 Å². The van der Waals surface area contributed by atoms with Gasteiger partial charge in [0.1, 0.15) is 15.7 Å². The van der Waals surface area contributed by atoms with Crippen LogP contribution < -0.4 is 14.8 Å². The number of ether oxygens (including phenoxy) is 3. The number of aromatic nitrogens is 1. The minimum absolute atomic E-state index is 0.0102. The van der Waals surface area contributed by atoms with Crippen LogP contribution in [-0.4, -0.2) is 52.2 Å². The highest BCUT2D eigenvalue weighted by atomic mass is 79.9. The third kappa shape index (κ3) is 6.88. The molecule has 0 aliphatic rings. The summed E-state index contributed by atoms with van der Waals surface area (Å²) in [4.78, 5) is 16.1. The first-order chi connectivity index (χ1) is 14.2. The zero-order chi connectivity index (χ0) is 22.3. The van der Waals surface area contributed by atoms with Gasteiger partial charge >= 0.3 is 5.97 Å². The number of carbonyl (C=O) groups is 1. The molecule has 0 fully saturated rings. The summed E-state index contributed by atoms with van der Waals surface area (Å²) in [5.41, 5.74) is 1.26. The third-order valence-electron chi connectivity index (χ3n) is 4.17. The van der Waals surface area contributed by atoms with Crippen molar-refractivity contribution in [2.75, 3.05) is 38.2 Å². The van der Waals surface area contributed by atoms with E-state index in [1.165, 1.54) is 20.5 Å².